The predicted molar refractivity (Wildman–Crippen MR) is 146 cm³/mol. The summed E-state index contributed by atoms with van der Waals surface area (Å²) < 4.78 is 7.62. The van der Waals surface area contributed by atoms with Gasteiger partial charge in [-0.2, -0.15) is 5.26 Å². The average Bonchev–Trinajstić information content (AvgIpc) is 3.25. The van der Waals surface area contributed by atoms with Crippen molar-refractivity contribution in [3.63, 3.8) is 0 Å². The van der Waals surface area contributed by atoms with Crippen molar-refractivity contribution < 1.29 is 4.74 Å². The van der Waals surface area contributed by atoms with Gasteiger partial charge in [-0.25, -0.2) is 0 Å². The molecule has 1 aliphatic heterocycles. The first kappa shape index (κ1) is 25.6. The second-order valence-corrected chi connectivity index (χ2v) is 9.96. The Morgan fingerprint density at radius 3 is 2.69 bits per heavy atom. The molecule has 7 nitrogen and oxygen atoms in total. The van der Waals surface area contributed by atoms with Crippen molar-refractivity contribution in [2.24, 2.45) is 0 Å². The van der Waals surface area contributed by atoms with Crippen LogP contribution in [0.3, 0.4) is 0 Å². The van der Waals surface area contributed by atoms with Gasteiger partial charge in [-0.1, -0.05) is 12.0 Å². The summed E-state index contributed by atoms with van der Waals surface area (Å²) in [5, 5.41) is 17.6. The summed E-state index contributed by atoms with van der Waals surface area (Å²) in [6, 6.07) is 15.2. The van der Waals surface area contributed by atoms with E-state index in [4.69, 9.17) is 4.74 Å². The van der Waals surface area contributed by atoms with Gasteiger partial charge in [0.05, 0.1) is 53.4 Å². The SMILES string of the molecule is COCCn1c(C#CCNc2ccc(C(C)(C)C#N)nc2)cc2c(NC3CCN(C)CC3)cccc21. The molecule has 1 aromatic carbocycles. The quantitative estimate of drug-likeness (QED) is 0.460. The lowest BCUT2D eigenvalue weighted by Crippen LogP contribution is -2.36. The summed E-state index contributed by atoms with van der Waals surface area (Å²) in [6.45, 7) is 7.85. The van der Waals surface area contributed by atoms with Crippen LogP contribution in [0, 0.1) is 23.2 Å². The number of hydrogen-bond donors (Lipinski definition) is 2. The van der Waals surface area contributed by atoms with Gasteiger partial charge in [0.15, 0.2) is 0 Å². The first-order valence-electron chi connectivity index (χ1n) is 12.6. The number of fused-ring (bicyclic) bond motifs is 1. The van der Waals surface area contributed by atoms with E-state index < -0.39 is 5.41 Å². The highest BCUT2D eigenvalue weighted by atomic mass is 16.5. The Kier molecular flexibility index (Phi) is 8.15. The van der Waals surface area contributed by atoms with Crippen LogP contribution in [0.2, 0.25) is 0 Å². The molecule has 7 heteroatoms. The second-order valence-electron chi connectivity index (χ2n) is 9.96. The monoisotopic (exact) mass is 484 g/mol. The van der Waals surface area contributed by atoms with Crippen LogP contribution >= 0.6 is 0 Å². The molecule has 0 spiro atoms. The van der Waals surface area contributed by atoms with E-state index in [-0.39, 0.29) is 0 Å². The smallest absolute Gasteiger partial charge is 0.0937 e. The minimum absolute atomic E-state index is 0.492. The number of methoxy groups -OCH3 is 1. The van der Waals surface area contributed by atoms with Crippen LogP contribution in [0.4, 0.5) is 11.4 Å². The Hall–Kier alpha value is -3.52. The highest BCUT2D eigenvalue weighted by molar-refractivity contribution is 5.94. The van der Waals surface area contributed by atoms with Crippen LogP contribution in [-0.2, 0) is 16.7 Å². The number of ether oxygens (including phenoxy) is 1. The molecule has 3 heterocycles. The Morgan fingerprint density at radius 1 is 1.19 bits per heavy atom. The molecular formula is C29H36N6O. The fraction of sp³-hybridized carbons (Fsp3) is 0.448. The molecule has 2 aromatic heterocycles. The largest absolute Gasteiger partial charge is 0.383 e. The van der Waals surface area contributed by atoms with Crippen molar-refractivity contribution in [1.82, 2.24) is 14.5 Å². The van der Waals surface area contributed by atoms with Gasteiger partial charge in [0.2, 0.25) is 0 Å². The molecule has 1 fully saturated rings. The fourth-order valence-corrected chi connectivity index (χ4v) is 4.52. The molecule has 3 aromatic rings. The zero-order valence-electron chi connectivity index (χ0n) is 21.8. The zero-order valence-corrected chi connectivity index (χ0v) is 21.8. The van der Waals surface area contributed by atoms with Gasteiger partial charge in [0.25, 0.3) is 0 Å². The number of nitrogens with one attached hydrogen (secondary N) is 2. The van der Waals surface area contributed by atoms with E-state index in [9.17, 15) is 5.26 Å². The van der Waals surface area contributed by atoms with Crippen molar-refractivity contribution in [3.05, 3.63) is 54.0 Å². The first-order chi connectivity index (χ1) is 17.4. The number of piperidine rings is 1. The highest BCUT2D eigenvalue weighted by Crippen LogP contribution is 2.29. The third-order valence-electron chi connectivity index (χ3n) is 6.82. The molecule has 0 bridgehead atoms. The third-order valence-corrected chi connectivity index (χ3v) is 6.82. The number of anilines is 2. The van der Waals surface area contributed by atoms with Crippen molar-refractivity contribution >= 4 is 22.3 Å². The van der Waals surface area contributed by atoms with Crippen LogP contribution in [0.5, 0.6) is 0 Å². The van der Waals surface area contributed by atoms with Crippen molar-refractivity contribution in [2.45, 2.75) is 44.7 Å². The van der Waals surface area contributed by atoms with Crippen LogP contribution < -0.4 is 10.6 Å². The molecule has 0 saturated carbocycles. The van der Waals surface area contributed by atoms with Crippen molar-refractivity contribution in [2.75, 3.05) is 51.0 Å². The molecule has 0 amide bonds. The molecule has 0 radical (unpaired) electrons. The van der Waals surface area contributed by atoms with E-state index in [1.165, 1.54) is 16.6 Å². The van der Waals surface area contributed by atoms with E-state index >= 15 is 0 Å². The van der Waals surface area contributed by atoms with Gasteiger partial charge in [0.1, 0.15) is 0 Å². The van der Waals surface area contributed by atoms with Crippen LogP contribution in [-0.4, -0.2) is 60.9 Å². The Bertz CT molecular complexity index is 1270. The number of nitriles is 1. The van der Waals surface area contributed by atoms with Crippen molar-refractivity contribution in [1.29, 1.82) is 5.26 Å². The number of nitrogens with zero attached hydrogens (tertiary/aromatic N) is 4. The van der Waals surface area contributed by atoms with Gasteiger partial charge < -0.3 is 24.8 Å². The maximum Gasteiger partial charge on any atom is 0.0937 e. The minimum atomic E-state index is -0.602. The normalized spacial score (nSPS) is 14.8. The van der Waals surface area contributed by atoms with Gasteiger partial charge in [0, 0.05) is 30.8 Å². The molecule has 1 aliphatic rings. The number of benzene rings is 1. The summed E-state index contributed by atoms with van der Waals surface area (Å²) in [4.78, 5) is 6.82. The molecule has 188 valence electrons. The van der Waals surface area contributed by atoms with E-state index in [1.807, 2.05) is 26.0 Å². The molecule has 0 unspecified atom stereocenters. The topological polar surface area (TPSA) is 78.1 Å². The first-order valence-corrected chi connectivity index (χ1v) is 12.6. The summed E-state index contributed by atoms with van der Waals surface area (Å²) in [7, 11) is 3.92. The molecular weight excluding hydrogens is 448 g/mol. The standard InChI is InChI=1S/C29H36N6O/c1-29(2,21-30)28-11-10-23(20-32-28)31-14-6-7-24-19-25-26(33-22-12-15-34(3)16-13-22)8-5-9-27(25)35(24)17-18-36-4/h5,8-11,19-20,22,31,33H,12-18H2,1-4H3. The molecule has 1 saturated heterocycles. The maximum atomic E-state index is 9.30. The van der Waals surface area contributed by atoms with E-state index in [0.29, 0.717) is 19.2 Å². The number of pyridine rings is 1. The van der Waals surface area contributed by atoms with Crippen molar-refractivity contribution in [3.8, 4) is 17.9 Å². The van der Waals surface area contributed by atoms with E-state index in [0.717, 1.165) is 49.6 Å². The number of rotatable bonds is 8. The van der Waals surface area contributed by atoms with Crippen LogP contribution in [0.1, 0.15) is 38.1 Å². The third kappa shape index (κ3) is 5.99. The average molecular weight is 485 g/mol. The lowest BCUT2D eigenvalue weighted by molar-refractivity contribution is 0.188. The fourth-order valence-electron chi connectivity index (χ4n) is 4.52. The second kappa shape index (κ2) is 11.5. The van der Waals surface area contributed by atoms with E-state index in [1.54, 1.807) is 13.3 Å². The molecule has 0 atom stereocenters. The molecule has 0 aliphatic carbocycles. The predicted octanol–water partition coefficient (Wildman–Crippen LogP) is 4.45. The lowest BCUT2D eigenvalue weighted by Gasteiger charge is -2.30. The summed E-state index contributed by atoms with van der Waals surface area (Å²) in [5.41, 5.74) is 4.36. The Labute approximate surface area is 214 Å². The lowest BCUT2D eigenvalue weighted by atomic mass is 9.91. The van der Waals surface area contributed by atoms with Gasteiger partial charge in [-0.3, -0.25) is 4.98 Å². The molecule has 2 N–H and O–H groups in total. The summed E-state index contributed by atoms with van der Waals surface area (Å²) in [6.07, 6.45) is 4.06. The highest BCUT2D eigenvalue weighted by Gasteiger charge is 2.21. The summed E-state index contributed by atoms with van der Waals surface area (Å²) >= 11 is 0. The summed E-state index contributed by atoms with van der Waals surface area (Å²) in [5.74, 6) is 6.62. The van der Waals surface area contributed by atoms with Crippen LogP contribution in [0.25, 0.3) is 10.9 Å². The van der Waals surface area contributed by atoms with E-state index in [2.05, 4.69) is 74.3 Å². The molecule has 4 rings (SSSR count). The Morgan fingerprint density at radius 2 is 2.00 bits per heavy atom. The maximum absolute atomic E-state index is 9.30. The Balaban J connectivity index is 1.50. The van der Waals surface area contributed by atoms with Gasteiger partial charge in [-0.05, 0) is 83.1 Å². The van der Waals surface area contributed by atoms with Gasteiger partial charge in [-0.15, -0.1) is 0 Å². The number of hydrogen-bond acceptors (Lipinski definition) is 6. The van der Waals surface area contributed by atoms with Crippen LogP contribution in [0.15, 0.2) is 42.6 Å². The minimum Gasteiger partial charge on any atom is -0.383 e. The number of aromatic nitrogens is 2. The zero-order chi connectivity index (χ0) is 25.5. The number of likely N-dealkylation sites (tertiary alicyclic amines) is 1. The molecule has 36 heavy (non-hydrogen) atoms. The van der Waals surface area contributed by atoms with Gasteiger partial charge >= 0.3 is 0 Å².